The lowest BCUT2D eigenvalue weighted by Gasteiger charge is -2.10. The second kappa shape index (κ2) is 4.23. The molecule has 0 aromatic heterocycles. The summed E-state index contributed by atoms with van der Waals surface area (Å²) in [7, 11) is 0. The van der Waals surface area contributed by atoms with Gasteiger partial charge in [0, 0.05) is 11.6 Å². The van der Waals surface area contributed by atoms with E-state index in [0.29, 0.717) is 5.69 Å². The third kappa shape index (κ3) is 2.03. The fraction of sp³-hybridized carbons (Fsp3) is 0.467. The van der Waals surface area contributed by atoms with Gasteiger partial charge in [0.15, 0.2) is 0 Å². The number of nitrogen functional groups attached to an aromatic ring is 1. The van der Waals surface area contributed by atoms with E-state index >= 15 is 0 Å². The highest BCUT2D eigenvalue weighted by atomic mass is 16.4. The van der Waals surface area contributed by atoms with Crippen molar-refractivity contribution in [3.63, 3.8) is 0 Å². The van der Waals surface area contributed by atoms with E-state index in [2.05, 4.69) is 5.32 Å². The Balaban J connectivity index is 2.24. The van der Waals surface area contributed by atoms with Gasteiger partial charge in [-0.05, 0) is 29.0 Å². The van der Waals surface area contributed by atoms with Gasteiger partial charge in [0.1, 0.15) is 0 Å². The van der Waals surface area contributed by atoms with Crippen LogP contribution >= 0.6 is 0 Å². The second-order valence-corrected chi connectivity index (χ2v) is 6.48. The van der Waals surface area contributed by atoms with E-state index in [1.807, 2.05) is 27.7 Å². The Morgan fingerprint density at radius 1 is 1.20 bits per heavy atom. The van der Waals surface area contributed by atoms with Gasteiger partial charge in [0.25, 0.3) is 0 Å². The van der Waals surface area contributed by atoms with E-state index < -0.39 is 5.97 Å². The van der Waals surface area contributed by atoms with E-state index in [-0.39, 0.29) is 33.9 Å². The average Bonchev–Trinajstić information content (AvgIpc) is 2.71. The molecule has 1 saturated carbocycles. The highest BCUT2D eigenvalue weighted by molar-refractivity contribution is 6.03. The number of nitrogens with one attached hydrogen (secondary N) is 1. The van der Waals surface area contributed by atoms with Crippen LogP contribution in [-0.2, 0) is 4.79 Å². The van der Waals surface area contributed by atoms with Crippen LogP contribution in [0.5, 0.6) is 0 Å². The second-order valence-electron chi connectivity index (χ2n) is 6.48. The zero-order chi connectivity index (χ0) is 15.3. The Morgan fingerprint density at radius 3 is 2.20 bits per heavy atom. The maximum Gasteiger partial charge on any atom is 0.337 e. The Kier molecular flexibility index (Phi) is 3.04. The van der Waals surface area contributed by atoms with Gasteiger partial charge in [0.2, 0.25) is 5.91 Å². The summed E-state index contributed by atoms with van der Waals surface area (Å²) in [6, 6.07) is 4.45. The van der Waals surface area contributed by atoms with Crippen LogP contribution in [0.1, 0.15) is 38.1 Å². The number of nitrogens with two attached hydrogens (primary N) is 1. The van der Waals surface area contributed by atoms with Crippen LogP contribution in [0, 0.1) is 16.7 Å². The van der Waals surface area contributed by atoms with Crippen molar-refractivity contribution in [3.05, 3.63) is 23.8 Å². The molecule has 0 atom stereocenters. The standard InChI is InChI=1S/C15H20N2O3/c1-14(2)11(15(14,3)4)12(18)17-10-6-5-8(16)7-9(10)13(19)20/h5-7,11H,16H2,1-4H3,(H,17,18)(H,19,20). The number of carboxylic acid groups (broad SMARTS) is 1. The summed E-state index contributed by atoms with van der Waals surface area (Å²) in [6.07, 6.45) is 0. The molecule has 5 heteroatoms. The number of carbonyl (C=O) groups excluding carboxylic acids is 1. The zero-order valence-corrected chi connectivity index (χ0v) is 12.2. The summed E-state index contributed by atoms with van der Waals surface area (Å²) in [5.74, 6) is -1.39. The third-order valence-electron chi connectivity index (χ3n) is 4.81. The van der Waals surface area contributed by atoms with Crippen molar-refractivity contribution in [1.82, 2.24) is 0 Å². The van der Waals surface area contributed by atoms with Crippen molar-refractivity contribution in [1.29, 1.82) is 0 Å². The molecule has 20 heavy (non-hydrogen) atoms. The van der Waals surface area contributed by atoms with Crippen molar-refractivity contribution in [3.8, 4) is 0 Å². The quantitative estimate of drug-likeness (QED) is 0.740. The minimum absolute atomic E-state index is 0.00890. The first-order valence-electron chi connectivity index (χ1n) is 6.52. The molecule has 0 unspecified atom stereocenters. The molecule has 1 aromatic rings. The highest BCUT2D eigenvalue weighted by Gasteiger charge is 2.68. The summed E-state index contributed by atoms with van der Waals surface area (Å²) >= 11 is 0. The van der Waals surface area contributed by atoms with E-state index in [4.69, 9.17) is 10.8 Å². The predicted octanol–water partition coefficient (Wildman–Crippen LogP) is 2.59. The minimum Gasteiger partial charge on any atom is -0.478 e. The zero-order valence-electron chi connectivity index (χ0n) is 12.2. The SMILES string of the molecule is CC1(C)C(C(=O)Nc2ccc(N)cc2C(=O)O)C1(C)C. The lowest BCUT2D eigenvalue weighted by Crippen LogP contribution is -2.19. The van der Waals surface area contributed by atoms with Gasteiger partial charge in [-0.15, -0.1) is 0 Å². The molecule has 0 saturated heterocycles. The van der Waals surface area contributed by atoms with Crippen LogP contribution < -0.4 is 11.1 Å². The molecule has 0 aliphatic heterocycles. The maximum atomic E-state index is 12.3. The van der Waals surface area contributed by atoms with Crippen molar-refractivity contribution < 1.29 is 14.7 Å². The molecular weight excluding hydrogens is 256 g/mol. The summed E-state index contributed by atoms with van der Waals surface area (Å²) in [4.78, 5) is 23.5. The van der Waals surface area contributed by atoms with Gasteiger partial charge in [-0.2, -0.15) is 0 Å². The molecule has 0 spiro atoms. The molecule has 1 aliphatic carbocycles. The van der Waals surface area contributed by atoms with Crippen LogP contribution in [0.4, 0.5) is 11.4 Å². The van der Waals surface area contributed by atoms with Gasteiger partial charge in [0.05, 0.1) is 11.3 Å². The van der Waals surface area contributed by atoms with E-state index in [1.165, 1.54) is 12.1 Å². The number of hydrogen-bond acceptors (Lipinski definition) is 3. The normalized spacial score (nSPS) is 19.4. The topological polar surface area (TPSA) is 92.4 Å². The number of aromatic carboxylic acids is 1. The lowest BCUT2D eigenvalue weighted by atomic mass is 10.0. The maximum absolute atomic E-state index is 12.3. The number of benzene rings is 1. The fourth-order valence-corrected chi connectivity index (χ4v) is 2.90. The van der Waals surface area contributed by atoms with Gasteiger partial charge in [-0.1, -0.05) is 27.7 Å². The van der Waals surface area contributed by atoms with Crippen LogP contribution in [0.2, 0.25) is 0 Å². The molecule has 0 bridgehead atoms. The van der Waals surface area contributed by atoms with Crippen molar-refractivity contribution in [2.75, 3.05) is 11.1 Å². The lowest BCUT2D eigenvalue weighted by molar-refractivity contribution is -0.118. The van der Waals surface area contributed by atoms with Gasteiger partial charge in [-0.3, -0.25) is 4.79 Å². The number of hydrogen-bond donors (Lipinski definition) is 3. The number of carboxylic acids is 1. The minimum atomic E-state index is -1.11. The molecular formula is C15H20N2O3. The first kappa shape index (κ1) is 14.4. The summed E-state index contributed by atoms with van der Waals surface area (Å²) in [5.41, 5.74) is 6.05. The number of rotatable bonds is 3. The predicted molar refractivity (Wildman–Crippen MR) is 77.5 cm³/mol. The Bertz CT molecular complexity index is 577. The van der Waals surface area contributed by atoms with E-state index in [1.54, 1.807) is 6.07 Å². The van der Waals surface area contributed by atoms with Crippen molar-refractivity contribution in [2.24, 2.45) is 16.7 Å². The summed E-state index contributed by atoms with van der Waals surface area (Å²) in [6.45, 7) is 8.16. The molecule has 1 aliphatic rings. The van der Waals surface area contributed by atoms with Gasteiger partial charge in [-0.25, -0.2) is 4.79 Å². The van der Waals surface area contributed by atoms with Crippen molar-refractivity contribution >= 4 is 23.3 Å². The molecule has 1 fully saturated rings. The smallest absolute Gasteiger partial charge is 0.337 e. The monoisotopic (exact) mass is 276 g/mol. The largest absolute Gasteiger partial charge is 0.478 e. The molecule has 2 rings (SSSR count). The fourth-order valence-electron chi connectivity index (χ4n) is 2.90. The molecule has 1 amide bonds. The van der Waals surface area contributed by atoms with Crippen LogP contribution in [0.15, 0.2) is 18.2 Å². The highest BCUT2D eigenvalue weighted by Crippen LogP contribution is 2.68. The van der Waals surface area contributed by atoms with E-state index in [0.717, 1.165) is 0 Å². The number of anilines is 2. The molecule has 1 aromatic carbocycles. The Morgan fingerprint density at radius 2 is 1.75 bits per heavy atom. The van der Waals surface area contributed by atoms with Gasteiger partial charge >= 0.3 is 5.97 Å². The molecule has 0 heterocycles. The molecule has 108 valence electrons. The summed E-state index contributed by atoms with van der Waals surface area (Å²) in [5, 5.41) is 11.9. The van der Waals surface area contributed by atoms with E-state index in [9.17, 15) is 9.59 Å². The number of carbonyl (C=O) groups is 2. The van der Waals surface area contributed by atoms with Crippen molar-refractivity contribution in [2.45, 2.75) is 27.7 Å². The molecule has 4 N–H and O–H groups in total. The Labute approximate surface area is 118 Å². The first-order valence-corrected chi connectivity index (χ1v) is 6.52. The average molecular weight is 276 g/mol. The Hall–Kier alpha value is -2.04. The number of amides is 1. The van der Waals surface area contributed by atoms with Crippen LogP contribution in [0.3, 0.4) is 0 Å². The van der Waals surface area contributed by atoms with Crippen LogP contribution in [0.25, 0.3) is 0 Å². The molecule has 0 radical (unpaired) electrons. The first-order chi connectivity index (χ1) is 9.09. The third-order valence-corrected chi connectivity index (χ3v) is 4.81. The van der Waals surface area contributed by atoms with Gasteiger partial charge < -0.3 is 16.2 Å². The molecule has 5 nitrogen and oxygen atoms in total. The van der Waals surface area contributed by atoms with Crippen LogP contribution in [-0.4, -0.2) is 17.0 Å². The summed E-state index contributed by atoms with van der Waals surface area (Å²) < 4.78 is 0.